The van der Waals surface area contributed by atoms with Gasteiger partial charge in [-0.25, -0.2) is 4.98 Å². The summed E-state index contributed by atoms with van der Waals surface area (Å²) in [6, 6.07) is 29.9. The number of hydrogen-bond acceptors (Lipinski definition) is 5. The number of benzene rings is 3. The molecule has 3 aromatic carbocycles. The number of amides is 1. The maximum absolute atomic E-state index is 13.1. The van der Waals surface area contributed by atoms with Gasteiger partial charge in [0.1, 0.15) is 12.3 Å². The number of nitrogens with zero attached hydrogens (tertiary/aromatic N) is 4. The lowest BCUT2D eigenvalue weighted by Crippen LogP contribution is -2.51. The molecule has 1 aliphatic rings. The van der Waals surface area contributed by atoms with Gasteiger partial charge in [0.2, 0.25) is 5.91 Å². The fourth-order valence-corrected chi connectivity index (χ4v) is 4.82. The third-order valence-corrected chi connectivity index (χ3v) is 6.83. The summed E-state index contributed by atoms with van der Waals surface area (Å²) in [7, 11) is 1.61. The summed E-state index contributed by atoms with van der Waals surface area (Å²) in [5.41, 5.74) is 3.61. The zero-order valence-corrected chi connectivity index (χ0v) is 20.9. The molecule has 7 nitrogen and oxygen atoms in total. The van der Waals surface area contributed by atoms with Crippen LogP contribution in [0.2, 0.25) is 0 Å². The summed E-state index contributed by atoms with van der Waals surface area (Å²) >= 11 is 0. The lowest BCUT2D eigenvalue weighted by molar-refractivity contribution is -0.133. The third kappa shape index (κ3) is 5.62. The Kier molecular flexibility index (Phi) is 7.42. The van der Waals surface area contributed by atoms with Crippen molar-refractivity contribution < 1.29 is 9.53 Å². The highest BCUT2D eigenvalue weighted by Crippen LogP contribution is 2.29. The highest BCUT2D eigenvalue weighted by molar-refractivity contribution is 5.76. The average Bonchev–Trinajstić information content (AvgIpc) is 2.96. The molecule has 1 aliphatic heterocycles. The van der Waals surface area contributed by atoms with Crippen molar-refractivity contribution in [1.29, 1.82) is 0 Å². The number of ether oxygens (including phenoxy) is 1. The number of piperazine rings is 1. The number of carbonyl (C=O) groups is 1. The molecule has 0 saturated carbocycles. The van der Waals surface area contributed by atoms with Crippen molar-refractivity contribution in [3.8, 4) is 17.0 Å². The molecule has 4 aromatic rings. The van der Waals surface area contributed by atoms with Crippen molar-refractivity contribution in [1.82, 2.24) is 19.4 Å². The first-order valence-corrected chi connectivity index (χ1v) is 12.4. The smallest absolute Gasteiger partial charge is 0.254 e. The van der Waals surface area contributed by atoms with E-state index in [1.807, 2.05) is 41.3 Å². The van der Waals surface area contributed by atoms with Crippen LogP contribution in [0.15, 0.2) is 102 Å². The third-order valence-electron chi connectivity index (χ3n) is 6.83. The highest BCUT2D eigenvalue weighted by atomic mass is 16.5. The van der Waals surface area contributed by atoms with E-state index in [9.17, 15) is 9.59 Å². The van der Waals surface area contributed by atoms with Crippen LogP contribution in [-0.4, -0.2) is 58.5 Å². The monoisotopic (exact) mass is 494 g/mol. The predicted octanol–water partition coefficient (Wildman–Crippen LogP) is 3.85. The van der Waals surface area contributed by atoms with E-state index in [1.54, 1.807) is 7.11 Å². The van der Waals surface area contributed by atoms with Gasteiger partial charge in [-0.2, -0.15) is 0 Å². The molecule has 0 bridgehead atoms. The molecule has 7 heteroatoms. The molecular weight excluding hydrogens is 464 g/mol. The number of aromatic nitrogens is 2. The molecule has 5 rings (SSSR count). The minimum Gasteiger partial charge on any atom is -0.497 e. The fraction of sp³-hybridized carbons (Fsp3) is 0.233. The van der Waals surface area contributed by atoms with E-state index in [0.717, 1.165) is 24.4 Å². The van der Waals surface area contributed by atoms with Gasteiger partial charge in [-0.3, -0.25) is 19.1 Å². The van der Waals surface area contributed by atoms with E-state index >= 15 is 0 Å². The Balaban J connectivity index is 1.24. The zero-order chi connectivity index (χ0) is 25.6. The molecule has 188 valence electrons. The maximum atomic E-state index is 13.1. The van der Waals surface area contributed by atoms with Crippen LogP contribution in [-0.2, 0) is 11.3 Å². The summed E-state index contributed by atoms with van der Waals surface area (Å²) in [5.74, 6) is 0.665. The fourth-order valence-electron chi connectivity index (χ4n) is 4.82. The second-order valence-electron chi connectivity index (χ2n) is 9.11. The summed E-state index contributed by atoms with van der Waals surface area (Å²) < 4.78 is 6.56. The van der Waals surface area contributed by atoms with E-state index < -0.39 is 0 Å². The normalized spacial score (nSPS) is 14.1. The van der Waals surface area contributed by atoms with Crippen molar-refractivity contribution in [2.45, 2.75) is 12.6 Å². The van der Waals surface area contributed by atoms with Crippen molar-refractivity contribution in [2.24, 2.45) is 0 Å². The molecule has 1 aromatic heterocycles. The quantitative estimate of drug-likeness (QED) is 0.390. The van der Waals surface area contributed by atoms with Crippen LogP contribution in [0.3, 0.4) is 0 Å². The van der Waals surface area contributed by atoms with Crippen LogP contribution in [0.25, 0.3) is 11.3 Å². The Hall–Kier alpha value is -4.23. The Labute approximate surface area is 216 Å². The molecule has 1 saturated heterocycles. The molecule has 37 heavy (non-hydrogen) atoms. The predicted molar refractivity (Wildman–Crippen MR) is 143 cm³/mol. The van der Waals surface area contributed by atoms with Crippen LogP contribution in [0.5, 0.6) is 5.75 Å². The van der Waals surface area contributed by atoms with Crippen molar-refractivity contribution >= 4 is 5.91 Å². The first-order chi connectivity index (χ1) is 18.1. The van der Waals surface area contributed by atoms with Crippen LogP contribution >= 0.6 is 0 Å². The molecule has 0 spiro atoms. The average molecular weight is 495 g/mol. The van der Waals surface area contributed by atoms with Crippen LogP contribution in [0, 0.1) is 0 Å². The second-order valence-corrected chi connectivity index (χ2v) is 9.11. The minimum atomic E-state index is -0.249. The molecule has 1 fully saturated rings. The molecule has 0 unspecified atom stereocenters. The van der Waals surface area contributed by atoms with E-state index in [2.05, 4.69) is 58.4 Å². The van der Waals surface area contributed by atoms with Crippen molar-refractivity contribution in [2.75, 3.05) is 33.3 Å². The first-order valence-electron chi connectivity index (χ1n) is 12.4. The Morgan fingerprint density at radius 2 is 1.46 bits per heavy atom. The number of methoxy groups -OCH3 is 1. The minimum absolute atomic E-state index is 0.0183. The van der Waals surface area contributed by atoms with Gasteiger partial charge in [0.05, 0.1) is 25.2 Å². The Bertz CT molecular complexity index is 1340. The largest absolute Gasteiger partial charge is 0.497 e. The molecule has 0 aliphatic carbocycles. The van der Waals surface area contributed by atoms with Crippen molar-refractivity contribution in [3.05, 3.63) is 119 Å². The van der Waals surface area contributed by atoms with Gasteiger partial charge in [-0.1, -0.05) is 60.7 Å². The standard InChI is InChI=1S/C30H30N4O3/c1-37-26-14-12-23(13-15-26)27-20-28(35)34(22-31-27)21-29(36)32-16-18-33(19-17-32)30(24-8-4-2-5-9-24)25-10-6-3-7-11-25/h2-15,20,22,30H,16-19,21H2,1H3. The van der Waals surface area contributed by atoms with Crippen LogP contribution < -0.4 is 10.3 Å². The van der Waals surface area contributed by atoms with Crippen LogP contribution in [0.1, 0.15) is 17.2 Å². The molecule has 0 atom stereocenters. The second kappa shape index (κ2) is 11.2. The van der Waals surface area contributed by atoms with Gasteiger partial charge < -0.3 is 9.64 Å². The number of hydrogen-bond donors (Lipinski definition) is 0. The SMILES string of the molecule is COc1ccc(-c2cc(=O)n(CC(=O)N3CCN(C(c4ccccc4)c4ccccc4)CC3)cn2)cc1. The topological polar surface area (TPSA) is 67.7 Å². The molecular formula is C30H30N4O3. The summed E-state index contributed by atoms with van der Waals surface area (Å²) in [6.45, 7) is 2.71. The highest BCUT2D eigenvalue weighted by Gasteiger charge is 2.28. The first kappa shape index (κ1) is 24.5. The maximum Gasteiger partial charge on any atom is 0.254 e. The van der Waals surface area contributed by atoms with E-state index in [0.29, 0.717) is 18.8 Å². The Morgan fingerprint density at radius 1 is 0.865 bits per heavy atom. The molecule has 2 heterocycles. The zero-order valence-electron chi connectivity index (χ0n) is 20.9. The van der Waals surface area contributed by atoms with Gasteiger partial charge in [-0.05, 0) is 35.4 Å². The van der Waals surface area contributed by atoms with Gasteiger partial charge in [-0.15, -0.1) is 0 Å². The summed E-state index contributed by atoms with van der Waals surface area (Å²) in [6.07, 6.45) is 1.46. The lowest BCUT2D eigenvalue weighted by Gasteiger charge is -2.39. The van der Waals surface area contributed by atoms with Gasteiger partial charge in [0.25, 0.3) is 5.56 Å². The van der Waals surface area contributed by atoms with E-state index in [-0.39, 0.29) is 24.1 Å². The number of rotatable bonds is 7. The van der Waals surface area contributed by atoms with E-state index in [4.69, 9.17) is 4.74 Å². The van der Waals surface area contributed by atoms with Gasteiger partial charge >= 0.3 is 0 Å². The molecule has 0 radical (unpaired) electrons. The van der Waals surface area contributed by atoms with Crippen LogP contribution in [0.4, 0.5) is 0 Å². The number of carbonyl (C=O) groups excluding carboxylic acids is 1. The summed E-state index contributed by atoms with van der Waals surface area (Å²) in [4.78, 5) is 34.5. The molecule has 1 amide bonds. The van der Waals surface area contributed by atoms with Gasteiger partial charge in [0, 0.05) is 37.8 Å². The van der Waals surface area contributed by atoms with Gasteiger partial charge in [0.15, 0.2) is 0 Å². The Morgan fingerprint density at radius 3 is 2.00 bits per heavy atom. The lowest BCUT2D eigenvalue weighted by atomic mass is 9.96. The molecule has 0 N–H and O–H groups in total. The summed E-state index contributed by atoms with van der Waals surface area (Å²) in [5, 5.41) is 0. The van der Waals surface area contributed by atoms with Crippen molar-refractivity contribution in [3.63, 3.8) is 0 Å². The van der Waals surface area contributed by atoms with E-state index in [1.165, 1.54) is 28.1 Å².